The zero-order chi connectivity index (χ0) is 19.4. The minimum atomic E-state index is -0.508. The molecule has 0 bridgehead atoms. The fourth-order valence-corrected chi connectivity index (χ4v) is 3.04. The van der Waals surface area contributed by atoms with Crippen LogP contribution in [-0.2, 0) is 11.2 Å². The molecule has 0 aliphatic carbocycles. The number of nitrogens with zero attached hydrogens (tertiary/aromatic N) is 1. The van der Waals surface area contributed by atoms with E-state index < -0.39 is 6.04 Å². The monoisotopic (exact) mass is 365 g/mol. The fourth-order valence-electron chi connectivity index (χ4n) is 3.04. The summed E-state index contributed by atoms with van der Waals surface area (Å²) >= 11 is 0. The number of hydrogen-bond acceptors (Lipinski definition) is 5. The molecule has 1 amide bonds. The highest BCUT2D eigenvalue weighted by Crippen LogP contribution is 2.38. The molecule has 2 aromatic rings. The number of amides is 1. The molecule has 0 saturated heterocycles. The van der Waals surface area contributed by atoms with Gasteiger partial charge in [-0.15, -0.1) is 0 Å². The Bertz CT molecular complexity index is 889. The molecule has 6 heteroatoms. The van der Waals surface area contributed by atoms with Gasteiger partial charge in [-0.25, -0.2) is 0 Å². The van der Waals surface area contributed by atoms with Crippen LogP contribution in [0.1, 0.15) is 31.9 Å². The van der Waals surface area contributed by atoms with Gasteiger partial charge in [0.15, 0.2) is 0 Å². The molecule has 2 atom stereocenters. The van der Waals surface area contributed by atoms with Crippen molar-refractivity contribution in [3.05, 3.63) is 47.5 Å². The largest absolute Gasteiger partial charge is 0.492 e. The van der Waals surface area contributed by atoms with Crippen LogP contribution in [0.15, 0.2) is 36.4 Å². The van der Waals surface area contributed by atoms with Gasteiger partial charge in [-0.2, -0.15) is 5.26 Å². The predicted molar refractivity (Wildman–Crippen MR) is 104 cm³/mol. The minimum Gasteiger partial charge on any atom is -0.492 e. The lowest BCUT2D eigenvalue weighted by Crippen LogP contribution is -2.32. The Labute approximate surface area is 159 Å². The molecule has 1 aliphatic heterocycles. The van der Waals surface area contributed by atoms with E-state index in [0.717, 1.165) is 23.4 Å². The highest BCUT2D eigenvalue weighted by atomic mass is 16.5. The van der Waals surface area contributed by atoms with E-state index in [-0.39, 0.29) is 12.0 Å². The summed E-state index contributed by atoms with van der Waals surface area (Å²) in [4.78, 5) is 12.5. The molecule has 0 unspecified atom stereocenters. The molecule has 1 heterocycles. The van der Waals surface area contributed by atoms with Gasteiger partial charge in [0.25, 0.3) is 0 Å². The van der Waals surface area contributed by atoms with Gasteiger partial charge in [0, 0.05) is 23.7 Å². The van der Waals surface area contributed by atoms with E-state index in [4.69, 9.17) is 14.7 Å². The van der Waals surface area contributed by atoms with Crippen molar-refractivity contribution in [2.45, 2.75) is 39.3 Å². The van der Waals surface area contributed by atoms with Gasteiger partial charge in [-0.1, -0.05) is 6.07 Å². The van der Waals surface area contributed by atoms with Crippen molar-refractivity contribution in [2.24, 2.45) is 0 Å². The van der Waals surface area contributed by atoms with Crippen molar-refractivity contribution in [1.29, 1.82) is 5.26 Å². The number of fused-ring (bicyclic) bond motifs is 1. The molecule has 0 aromatic heterocycles. The summed E-state index contributed by atoms with van der Waals surface area (Å²) in [5.41, 5.74) is 2.92. The molecule has 0 spiro atoms. The van der Waals surface area contributed by atoms with Crippen LogP contribution in [0.2, 0.25) is 0 Å². The van der Waals surface area contributed by atoms with Gasteiger partial charge in [0.05, 0.1) is 23.9 Å². The van der Waals surface area contributed by atoms with Crippen LogP contribution in [0.5, 0.6) is 11.5 Å². The van der Waals surface area contributed by atoms with Crippen LogP contribution in [0.3, 0.4) is 0 Å². The summed E-state index contributed by atoms with van der Waals surface area (Å²) in [5, 5.41) is 15.0. The summed E-state index contributed by atoms with van der Waals surface area (Å²) in [6.45, 7) is 6.26. The highest BCUT2D eigenvalue weighted by molar-refractivity contribution is 5.96. The lowest BCUT2D eigenvalue weighted by atomic mass is 10.1. The van der Waals surface area contributed by atoms with Crippen molar-refractivity contribution >= 4 is 17.3 Å². The third-order valence-corrected chi connectivity index (χ3v) is 4.32. The fraction of sp³-hybridized carbons (Fsp3) is 0.333. The first-order valence-electron chi connectivity index (χ1n) is 9.04. The maximum Gasteiger partial charge on any atom is 0.246 e. The van der Waals surface area contributed by atoms with Crippen molar-refractivity contribution in [2.75, 3.05) is 17.2 Å². The number of hydrogen-bond donors (Lipinski definition) is 2. The third kappa shape index (κ3) is 4.32. The van der Waals surface area contributed by atoms with Gasteiger partial charge < -0.3 is 20.1 Å². The van der Waals surface area contributed by atoms with Crippen LogP contribution in [-0.4, -0.2) is 24.7 Å². The third-order valence-electron chi connectivity index (χ3n) is 4.32. The molecular formula is C21H23N3O3. The first-order valence-corrected chi connectivity index (χ1v) is 9.04. The van der Waals surface area contributed by atoms with Crippen molar-refractivity contribution in [3.8, 4) is 17.6 Å². The van der Waals surface area contributed by atoms with E-state index in [1.54, 1.807) is 31.2 Å². The lowest BCUT2D eigenvalue weighted by Gasteiger charge is -2.19. The summed E-state index contributed by atoms with van der Waals surface area (Å²) in [7, 11) is 0. The van der Waals surface area contributed by atoms with Crippen molar-refractivity contribution < 1.29 is 14.3 Å². The van der Waals surface area contributed by atoms with Crippen LogP contribution >= 0.6 is 0 Å². The average Bonchev–Trinajstić information content (AvgIpc) is 3.01. The van der Waals surface area contributed by atoms with E-state index in [1.807, 2.05) is 26.0 Å². The summed E-state index contributed by atoms with van der Waals surface area (Å²) in [6, 6.07) is 12.2. The van der Waals surface area contributed by atoms with Gasteiger partial charge in [-0.3, -0.25) is 4.79 Å². The number of nitriles is 1. The van der Waals surface area contributed by atoms with Gasteiger partial charge in [-0.05, 0) is 45.0 Å². The molecule has 0 radical (unpaired) electrons. The van der Waals surface area contributed by atoms with Crippen molar-refractivity contribution in [1.82, 2.24) is 0 Å². The van der Waals surface area contributed by atoms with E-state index in [9.17, 15) is 4.79 Å². The Kier molecular flexibility index (Phi) is 5.51. The Morgan fingerprint density at radius 1 is 1.41 bits per heavy atom. The van der Waals surface area contributed by atoms with E-state index in [2.05, 4.69) is 16.7 Å². The number of carbonyl (C=O) groups is 1. The van der Waals surface area contributed by atoms with Gasteiger partial charge >= 0.3 is 0 Å². The second-order valence-corrected chi connectivity index (χ2v) is 6.57. The molecule has 2 N–H and O–H groups in total. The Morgan fingerprint density at radius 3 is 2.96 bits per heavy atom. The molecule has 2 aromatic carbocycles. The molecule has 1 aliphatic rings. The first-order chi connectivity index (χ1) is 13.0. The molecular weight excluding hydrogens is 342 g/mol. The maximum atomic E-state index is 12.5. The quantitative estimate of drug-likeness (QED) is 0.815. The van der Waals surface area contributed by atoms with Crippen LogP contribution < -0.4 is 20.1 Å². The first kappa shape index (κ1) is 18.6. The molecule has 27 heavy (non-hydrogen) atoms. The minimum absolute atomic E-state index is 0.137. The Hall–Kier alpha value is -3.20. The number of anilines is 2. The zero-order valence-corrected chi connectivity index (χ0v) is 15.7. The molecule has 6 nitrogen and oxygen atoms in total. The van der Waals surface area contributed by atoms with Crippen LogP contribution in [0.25, 0.3) is 0 Å². The van der Waals surface area contributed by atoms with E-state index in [1.165, 1.54) is 0 Å². The van der Waals surface area contributed by atoms with Crippen LogP contribution in [0.4, 0.5) is 11.4 Å². The van der Waals surface area contributed by atoms with Gasteiger partial charge in [0.2, 0.25) is 5.91 Å². The Morgan fingerprint density at radius 2 is 2.22 bits per heavy atom. The second-order valence-electron chi connectivity index (χ2n) is 6.57. The molecule has 0 saturated carbocycles. The zero-order valence-electron chi connectivity index (χ0n) is 15.7. The average molecular weight is 365 g/mol. The lowest BCUT2D eigenvalue weighted by molar-refractivity contribution is -0.116. The predicted octanol–water partition coefficient (Wildman–Crippen LogP) is 3.72. The van der Waals surface area contributed by atoms with E-state index in [0.29, 0.717) is 23.6 Å². The normalized spacial score (nSPS) is 15.9. The van der Waals surface area contributed by atoms with E-state index >= 15 is 0 Å². The smallest absolute Gasteiger partial charge is 0.246 e. The number of carbonyl (C=O) groups excluding carboxylic acids is 1. The molecule has 0 fully saturated rings. The SMILES string of the molecule is CCOc1cc2c(cc1N[C@@H](C)C(=O)Nc1cccc(C#N)c1)O[C@@H](C)C2. The Balaban J connectivity index is 1.74. The van der Waals surface area contributed by atoms with Crippen LogP contribution in [0, 0.1) is 11.3 Å². The van der Waals surface area contributed by atoms with Gasteiger partial charge in [0.1, 0.15) is 23.6 Å². The maximum absolute atomic E-state index is 12.5. The number of nitrogens with one attached hydrogen (secondary N) is 2. The number of ether oxygens (including phenoxy) is 2. The topological polar surface area (TPSA) is 83.4 Å². The highest BCUT2D eigenvalue weighted by Gasteiger charge is 2.23. The summed E-state index contributed by atoms with van der Waals surface area (Å²) < 4.78 is 11.6. The molecule has 140 valence electrons. The molecule has 3 rings (SSSR count). The van der Waals surface area contributed by atoms with Crippen molar-refractivity contribution in [3.63, 3.8) is 0 Å². The standard InChI is InChI=1S/C21H23N3O3/c1-4-26-20-10-16-8-13(2)27-19(16)11-18(20)23-14(3)21(25)24-17-7-5-6-15(9-17)12-22/h5-7,9-11,13-14,23H,4,8H2,1-3H3,(H,24,25)/t13-,14-/m0/s1. The number of rotatable bonds is 6. The number of benzene rings is 2. The second kappa shape index (κ2) is 8.00. The summed E-state index contributed by atoms with van der Waals surface area (Å²) in [5.74, 6) is 1.32. The summed E-state index contributed by atoms with van der Waals surface area (Å²) in [6.07, 6.45) is 0.985.